The molecule has 0 aromatic heterocycles. The fourth-order valence-corrected chi connectivity index (χ4v) is 3.56. The number of nitrogens with two attached hydrogens (primary N) is 1. The summed E-state index contributed by atoms with van der Waals surface area (Å²) in [4.78, 5) is 52.4. The number of carboxylic acids is 2. The van der Waals surface area contributed by atoms with E-state index in [0.717, 1.165) is 9.48 Å². The number of nitrogens with one attached hydrogen (secondary N) is 3. The third-order valence-electron chi connectivity index (χ3n) is 5.20. The van der Waals surface area contributed by atoms with E-state index >= 15 is 0 Å². The number of carbonyl (C=O) groups excluding carboxylic acids is 2. The average molecular weight is 498 g/mol. The van der Waals surface area contributed by atoms with Crippen molar-refractivity contribution >= 4 is 41.7 Å². The van der Waals surface area contributed by atoms with Crippen molar-refractivity contribution in [3.63, 3.8) is 0 Å². The highest BCUT2D eigenvalue weighted by Crippen LogP contribution is 2.23. The molecule has 3 aliphatic rings. The Morgan fingerprint density at radius 3 is 2.71 bits per heavy atom. The molecule has 0 spiro atoms. The van der Waals surface area contributed by atoms with E-state index in [9.17, 15) is 24.3 Å². The van der Waals surface area contributed by atoms with Gasteiger partial charge in [0.25, 0.3) is 11.8 Å². The number of hydrogen-bond donors (Lipinski definition) is 6. The second-order valence-electron chi connectivity index (χ2n) is 7.44. The van der Waals surface area contributed by atoms with Crippen LogP contribution in [0.1, 0.15) is 28.7 Å². The summed E-state index contributed by atoms with van der Waals surface area (Å²) in [5.41, 5.74) is 5.81. The number of piperazine rings is 1. The van der Waals surface area contributed by atoms with Crippen molar-refractivity contribution in [3.05, 3.63) is 29.8 Å². The maximum absolute atomic E-state index is 12.6. The Labute approximate surface area is 205 Å². The number of aliphatic carboxylic acids is 2. The van der Waals surface area contributed by atoms with Gasteiger partial charge in [-0.25, -0.2) is 19.3 Å². The van der Waals surface area contributed by atoms with E-state index in [-0.39, 0.29) is 36.0 Å². The van der Waals surface area contributed by atoms with E-state index in [1.165, 1.54) is 30.6 Å². The molecule has 1 fully saturated rings. The summed E-state index contributed by atoms with van der Waals surface area (Å²) in [5, 5.41) is 25.3. The molecule has 3 heterocycles. The number of hydrogen-bond acceptors (Lipinski definition) is 8. The molecule has 1 aromatic carbocycles. The van der Waals surface area contributed by atoms with Crippen LogP contribution in [0.15, 0.2) is 29.3 Å². The number of benzene rings is 1. The minimum absolute atomic E-state index is 0. The smallest absolute Gasteiger partial charge is 0.326 e. The van der Waals surface area contributed by atoms with Gasteiger partial charge in [-0.2, -0.15) is 0 Å². The van der Waals surface area contributed by atoms with Crippen LogP contribution < -0.4 is 39.0 Å². The van der Waals surface area contributed by atoms with Crippen LogP contribution in [0.25, 0.3) is 0 Å². The third kappa shape index (κ3) is 5.10. The van der Waals surface area contributed by atoms with Gasteiger partial charge in [-0.1, -0.05) is 0 Å². The minimum atomic E-state index is -2.53. The number of halogens is 1. The molecule has 7 N–H and O–H groups in total. The molecule has 1 aromatic rings. The van der Waals surface area contributed by atoms with E-state index in [1.807, 2.05) is 0 Å². The van der Waals surface area contributed by atoms with E-state index in [1.54, 1.807) is 0 Å². The summed E-state index contributed by atoms with van der Waals surface area (Å²) in [6.45, 7) is -4.06. The van der Waals surface area contributed by atoms with Crippen molar-refractivity contribution in [1.82, 2.24) is 16.0 Å². The van der Waals surface area contributed by atoms with Crippen molar-refractivity contribution in [2.75, 3.05) is 17.9 Å². The predicted octanol–water partition coefficient (Wildman–Crippen LogP) is -5.29. The van der Waals surface area contributed by atoms with E-state index < -0.39 is 67.5 Å². The number of carbonyl (C=O) groups is 4. The van der Waals surface area contributed by atoms with Crippen LogP contribution >= 0.6 is 0 Å². The van der Waals surface area contributed by atoms with Gasteiger partial charge in [0.15, 0.2) is 12.1 Å². The topological polar surface area (TPSA) is 189 Å². The second kappa shape index (κ2) is 10.1. The molecule has 14 heteroatoms. The molecule has 4 rings (SSSR count). The van der Waals surface area contributed by atoms with Gasteiger partial charge < -0.3 is 33.7 Å². The molecule has 0 radical (unpaired) electrons. The maximum atomic E-state index is 12.6. The first-order chi connectivity index (χ1) is 17.3. The molecular weight excluding hydrogens is 470 g/mol. The Bertz CT molecular complexity index is 1230. The fourth-order valence-electron chi connectivity index (χ4n) is 3.56. The van der Waals surface area contributed by atoms with E-state index in [2.05, 4.69) is 20.9 Å². The lowest BCUT2D eigenvalue weighted by atomic mass is 10.1. The molecule has 5 atom stereocenters. The first-order valence-electron chi connectivity index (χ1n) is 12.0. The Hall–Kier alpha value is -3.71. The van der Waals surface area contributed by atoms with Gasteiger partial charge in [0.1, 0.15) is 24.2 Å². The highest BCUT2D eigenvalue weighted by atomic mass is 35.5. The summed E-state index contributed by atoms with van der Waals surface area (Å²) in [5.74, 6) is -4.16. The van der Waals surface area contributed by atoms with Gasteiger partial charge in [-0.3, -0.25) is 25.0 Å². The van der Waals surface area contributed by atoms with Crippen LogP contribution in [0.5, 0.6) is 0 Å². The molecule has 3 aliphatic heterocycles. The van der Waals surface area contributed by atoms with Crippen LogP contribution in [-0.4, -0.2) is 88.1 Å². The van der Waals surface area contributed by atoms with E-state index in [4.69, 9.17) is 16.3 Å². The molecule has 1 saturated heterocycles. The number of amides is 2. The zero-order valence-electron chi connectivity index (χ0n) is 21.4. The van der Waals surface area contributed by atoms with Crippen LogP contribution in [-0.2, 0) is 14.4 Å². The molecular formula is C20H24ClN7O6. The van der Waals surface area contributed by atoms with Crippen molar-refractivity contribution < 1.29 is 51.9 Å². The number of aliphatic imine (C=N–C) groups is 1. The molecule has 13 nitrogen and oxygen atoms in total. The first-order valence-corrected chi connectivity index (χ1v) is 9.88. The SMILES string of the molecule is [2H]C1NC2N=C(N)NC(=O)C2[N+]2=CN(c3ccc(C(=O)N[C@@H](CCC(=O)O)C(=O)O)cc3)C([2H])([2H])C12[2H].[Cl-]. The van der Waals surface area contributed by atoms with Crippen LogP contribution in [0, 0.1) is 0 Å². The van der Waals surface area contributed by atoms with Gasteiger partial charge in [0.05, 0.1) is 4.11 Å². The van der Waals surface area contributed by atoms with Gasteiger partial charge in [0, 0.05) is 19.9 Å². The zero-order chi connectivity index (χ0) is 27.3. The molecule has 34 heavy (non-hydrogen) atoms. The number of fused-ring (bicyclic) bond motifs is 3. The summed E-state index contributed by atoms with van der Waals surface area (Å²) in [6.07, 6.45) is -0.529. The number of carboxylic acid groups (broad SMARTS) is 2. The Morgan fingerprint density at radius 1 is 1.35 bits per heavy atom. The lowest BCUT2D eigenvalue weighted by molar-refractivity contribution is -0.586. The standard InChI is InChI=1S/C20H23N7O6.ClH/c21-20-24-16-15(18(31)25-20)27-9-26(8-12(27)7-22-16)11-3-1-10(2-4-11)17(30)23-13(19(32)33)5-6-14(28)29;/h1-4,9,12-13,15-16,22H,5-8H2,(H5-,21,23,24,25,28,29,30,31,32,33);1H/t12?,13-,15?,16?;/m0./s1/i7D,8D2,12D;/t7?,12?,13-,15?,16?;. The number of anilines is 1. The molecule has 0 aliphatic carbocycles. The van der Waals surface area contributed by atoms with Crippen LogP contribution in [0.4, 0.5) is 5.69 Å². The summed E-state index contributed by atoms with van der Waals surface area (Å²) < 4.78 is 35.8. The maximum Gasteiger partial charge on any atom is 0.326 e. The average Bonchev–Trinajstić information content (AvgIpc) is 3.03. The summed E-state index contributed by atoms with van der Waals surface area (Å²) in [7, 11) is 0. The third-order valence-corrected chi connectivity index (χ3v) is 5.20. The first kappa shape index (κ1) is 19.7. The lowest BCUT2D eigenvalue weighted by Gasteiger charge is -2.34. The quantitative estimate of drug-likeness (QED) is 0.200. The molecule has 182 valence electrons. The van der Waals surface area contributed by atoms with E-state index in [0.29, 0.717) is 0 Å². The van der Waals surface area contributed by atoms with Crippen molar-refractivity contribution in [2.45, 2.75) is 37.1 Å². The van der Waals surface area contributed by atoms with Crippen molar-refractivity contribution in [2.24, 2.45) is 10.7 Å². The molecule has 2 amide bonds. The molecule has 0 bridgehead atoms. The van der Waals surface area contributed by atoms with Gasteiger partial charge in [-0.15, -0.1) is 0 Å². The Kier molecular flexibility index (Phi) is 5.83. The number of guanidine groups is 1. The van der Waals surface area contributed by atoms with Crippen molar-refractivity contribution in [3.8, 4) is 0 Å². The summed E-state index contributed by atoms with van der Waals surface area (Å²) >= 11 is 0. The fraction of sp³-hybridized carbons (Fsp3) is 0.400. The van der Waals surface area contributed by atoms with Crippen LogP contribution in [0.2, 0.25) is 0 Å². The Balaban J connectivity index is 0.00000400. The monoisotopic (exact) mass is 497 g/mol. The normalized spacial score (nSPS) is 31.4. The van der Waals surface area contributed by atoms with Gasteiger partial charge >= 0.3 is 11.9 Å². The number of rotatable bonds is 7. The molecule has 4 unspecified atom stereocenters. The lowest BCUT2D eigenvalue weighted by Crippen LogP contribution is -3.00. The second-order valence-corrected chi connectivity index (χ2v) is 7.44. The highest BCUT2D eigenvalue weighted by molar-refractivity contribution is 6.01. The zero-order valence-corrected chi connectivity index (χ0v) is 18.2. The predicted molar refractivity (Wildman–Crippen MR) is 115 cm³/mol. The highest BCUT2D eigenvalue weighted by Gasteiger charge is 2.48. The summed E-state index contributed by atoms with van der Waals surface area (Å²) in [6, 6.07) is 0.471. The number of nitrogens with zero attached hydrogens (tertiary/aromatic N) is 3. The largest absolute Gasteiger partial charge is 1.00 e. The minimum Gasteiger partial charge on any atom is -1.00 e. The van der Waals surface area contributed by atoms with Gasteiger partial charge in [-0.05, 0) is 30.7 Å². The molecule has 0 saturated carbocycles. The Morgan fingerprint density at radius 2 is 2.06 bits per heavy atom. The van der Waals surface area contributed by atoms with Crippen LogP contribution in [0.3, 0.4) is 0 Å². The van der Waals surface area contributed by atoms with Crippen molar-refractivity contribution in [1.29, 1.82) is 0 Å². The van der Waals surface area contributed by atoms with Gasteiger partial charge in [0.2, 0.25) is 12.4 Å².